The van der Waals surface area contributed by atoms with Crippen LogP contribution in [0.1, 0.15) is 44.2 Å². The molecule has 0 bridgehead atoms. The molecule has 2 aromatic carbocycles. The molecule has 2 heteroatoms. The van der Waals surface area contributed by atoms with Crippen molar-refractivity contribution in [3.63, 3.8) is 0 Å². The third kappa shape index (κ3) is 6.56. The number of esters is 1. The van der Waals surface area contributed by atoms with Crippen molar-refractivity contribution in [2.45, 2.75) is 33.1 Å². The van der Waals surface area contributed by atoms with Gasteiger partial charge < -0.3 is 4.74 Å². The summed E-state index contributed by atoms with van der Waals surface area (Å²) < 4.78 is 5.71. The van der Waals surface area contributed by atoms with E-state index in [0.717, 1.165) is 23.1 Å². The fourth-order valence-electron chi connectivity index (χ4n) is 3.07. The molecule has 0 heterocycles. The van der Waals surface area contributed by atoms with Gasteiger partial charge in [0.2, 0.25) is 0 Å². The number of ether oxygens (including phenoxy) is 1. The normalized spacial score (nSPS) is 12.5. The molecule has 0 radical (unpaired) electrons. The fourth-order valence-corrected chi connectivity index (χ4v) is 3.07. The summed E-state index contributed by atoms with van der Waals surface area (Å²) in [6, 6.07) is 19.6. The van der Waals surface area contributed by atoms with Crippen molar-refractivity contribution in [2.75, 3.05) is 6.61 Å². The smallest absolute Gasteiger partial charge is 0.317 e. The van der Waals surface area contributed by atoms with Gasteiger partial charge in [-0.05, 0) is 36.3 Å². The van der Waals surface area contributed by atoms with Gasteiger partial charge >= 0.3 is 5.97 Å². The third-order valence-corrected chi connectivity index (χ3v) is 4.68. The van der Waals surface area contributed by atoms with Crippen molar-refractivity contribution in [1.82, 2.24) is 0 Å². The first kappa shape index (κ1) is 20.7. The van der Waals surface area contributed by atoms with Crippen LogP contribution in [-0.4, -0.2) is 12.6 Å². The molecule has 0 saturated carbocycles. The van der Waals surface area contributed by atoms with Crippen LogP contribution in [0.4, 0.5) is 0 Å². The quantitative estimate of drug-likeness (QED) is 0.395. The lowest BCUT2D eigenvalue weighted by molar-refractivity contribution is -0.144. The molecule has 0 unspecified atom stereocenters. The van der Waals surface area contributed by atoms with Crippen LogP contribution < -0.4 is 0 Å². The summed E-state index contributed by atoms with van der Waals surface area (Å²) >= 11 is 0. The van der Waals surface area contributed by atoms with Gasteiger partial charge in [0.25, 0.3) is 0 Å². The molecule has 0 aromatic heterocycles. The van der Waals surface area contributed by atoms with E-state index in [2.05, 4.69) is 26.5 Å². The summed E-state index contributed by atoms with van der Waals surface area (Å²) in [5, 5.41) is 0. The molecule has 142 valence electrons. The molecule has 0 aliphatic carbocycles. The highest BCUT2D eigenvalue weighted by atomic mass is 16.5. The Morgan fingerprint density at radius 3 is 1.96 bits per heavy atom. The molecule has 2 nitrogen and oxygen atoms in total. The van der Waals surface area contributed by atoms with E-state index in [1.54, 1.807) is 0 Å². The zero-order valence-corrected chi connectivity index (χ0v) is 16.6. The van der Waals surface area contributed by atoms with Crippen LogP contribution in [0, 0.1) is 11.8 Å². The van der Waals surface area contributed by atoms with Crippen LogP contribution in [0.25, 0.3) is 0 Å². The lowest BCUT2D eigenvalue weighted by Gasteiger charge is -2.20. The Hall–Kier alpha value is -2.61. The van der Waals surface area contributed by atoms with Crippen LogP contribution in [0.15, 0.2) is 85.0 Å². The Morgan fingerprint density at radius 2 is 1.52 bits per heavy atom. The number of hydrogen-bond donors (Lipinski definition) is 0. The van der Waals surface area contributed by atoms with Crippen LogP contribution in [0.5, 0.6) is 0 Å². The summed E-state index contributed by atoms with van der Waals surface area (Å²) in [5.74, 6) is 0.259. The Bertz CT molecular complexity index is 705. The van der Waals surface area contributed by atoms with E-state index in [4.69, 9.17) is 4.74 Å². The maximum Gasteiger partial charge on any atom is 0.317 e. The van der Waals surface area contributed by atoms with Crippen molar-refractivity contribution in [3.05, 3.63) is 96.1 Å². The first-order chi connectivity index (χ1) is 13.0. The molecule has 27 heavy (non-hydrogen) atoms. The molecule has 0 aliphatic rings. The van der Waals surface area contributed by atoms with E-state index in [-0.39, 0.29) is 5.97 Å². The molecule has 0 fully saturated rings. The molecular formula is C25H30O2. The first-order valence-electron chi connectivity index (χ1n) is 9.59. The monoisotopic (exact) mass is 362 g/mol. The average molecular weight is 363 g/mol. The standard InChI is InChI=1S/C25H30O2/c1-19(2)15-16-21(20(3)4)17-18-27-25(26)24(22-11-7-5-8-12-22)23-13-9-6-10-14-23/h5-16,20-21,24H,1,17-18H2,2-4H3/b16-15+/t21-/m1/s1. The van der Waals surface area contributed by atoms with Crippen molar-refractivity contribution in [1.29, 1.82) is 0 Å². The topological polar surface area (TPSA) is 26.3 Å². The van der Waals surface area contributed by atoms with Crippen LogP contribution >= 0.6 is 0 Å². The molecule has 0 spiro atoms. The maximum atomic E-state index is 12.9. The van der Waals surface area contributed by atoms with Gasteiger partial charge in [-0.3, -0.25) is 4.79 Å². The Kier molecular flexibility index (Phi) is 8.06. The second kappa shape index (κ2) is 10.5. The second-order valence-corrected chi connectivity index (χ2v) is 7.32. The highest BCUT2D eigenvalue weighted by molar-refractivity contribution is 5.82. The van der Waals surface area contributed by atoms with Gasteiger partial charge in [-0.1, -0.05) is 98.8 Å². The SMILES string of the molecule is C=C(C)/C=C/[C@H](CCOC(=O)C(c1ccccc1)c1ccccc1)C(C)C. The predicted octanol–water partition coefficient (Wildman–Crippen LogP) is 6.16. The number of hydrogen-bond acceptors (Lipinski definition) is 2. The van der Waals surface area contributed by atoms with Gasteiger partial charge in [0.05, 0.1) is 6.61 Å². The van der Waals surface area contributed by atoms with Crippen LogP contribution in [-0.2, 0) is 9.53 Å². The van der Waals surface area contributed by atoms with E-state index in [0.29, 0.717) is 18.4 Å². The molecule has 0 N–H and O–H groups in total. The molecule has 0 saturated heterocycles. The minimum absolute atomic E-state index is 0.196. The summed E-state index contributed by atoms with van der Waals surface area (Å²) in [7, 11) is 0. The van der Waals surface area contributed by atoms with Gasteiger partial charge in [-0.15, -0.1) is 0 Å². The van der Waals surface area contributed by atoms with Crippen molar-refractivity contribution < 1.29 is 9.53 Å². The summed E-state index contributed by atoms with van der Waals surface area (Å²) in [4.78, 5) is 12.9. The maximum absolute atomic E-state index is 12.9. The molecule has 2 aromatic rings. The predicted molar refractivity (Wildman–Crippen MR) is 113 cm³/mol. The van der Waals surface area contributed by atoms with Crippen molar-refractivity contribution in [2.24, 2.45) is 11.8 Å². The highest BCUT2D eigenvalue weighted by Crippen LogP contribution is 2.26. The van der Waals surface area contributed by atoms with Crippen LogP contribution in [0.2, 0.25) is 0 Å². The molecule has 1 atom stereocenters. The fraction of sp³-hybridized carbons (Fsp3) is 0.320. The molecule has 0 aliphatic heterocycles. The summed E-state index contributed by atoms with van der Waals surface area (Å²) in [6.45, 7) is 10.7. The minimum atomic E-state index is -0.393. The van der Waals surface area contributed by atoms with Gasteiger partial charge in [-0.2, -0.15) is 0 Å². The van der Waals surface area contributed by atoms with Crippen LogP contribution in [0.3, 0.4) is 0 Å². The number of rotatable bonds is 9. The summed E-state index contributed by atoms with van der Waals surface area (Å²) in [5.41, 5.74) is 2.94. The van der Waals surface area contributed by atoms with E-state index in [1.165, 1.54) is 0 Å². The Labute approximate surface area is 163 Å². The average Bonchev–Trinajstić information content (AvgIpc) is 2.66. The van der Waals surface area contributed by atoms with Gasteiger partial charge in [-0.25, -0.2) is 0 Å². The van der Waals surface area contributed by atoms with E-state index in [1.807, 2.05) is 73.7 Å². The van der Waals surface area contributed by atoms with Gasteiger partial charge in [0, 0.05) is 0 Å². The number of allylic oxidation sites excluding steroid dienone is 3. The van der Waals surface area contributed by atoms with Crippen molar-refractivity contribution >= 4 is 5.97 Å². The lowest BCUT2D eigenvalue weighted by Crippen LogP contribution is -2.19. The van der Waals surface area contributed by atoms with Gasteiger partial charge in [0.15, 0.2) is 0 Å². The number of benzene rings is 2. The Balaban J connectivity index is 2.07. The second-order valence-electron chi connectivity index (χ2n) is 7.32. The first-order valence-corrected chi connectivity index (χ1v) is 9.59. The highest BCUT2D eigenvalue weighted by Gasteiger charge is 2.24. The van der Waals surface area contributed by atoms with E-state index >= 15 is 0 Å². The van der Waals surface area contributed by atoms with E-state index < -0.39 is 5.92 Å². The van der Waals surface area contributed by atoms with Crippen molar-refractivity contribution in [3.8, 4) is 0 Å². The van der Waals surface area contributed by atoms with Gasteiger partial charge in [0.1, 0.15) is 5.92 Å². The zero-order valence-electron chi connectivity index (χ0n) is 16.6. The minimum Gasteiger partial charge on any atom is -0.465 e. The molecular weight excluding hydrogens is 332 g/mol. The number of carbonyl (C=O) groups is 1. The lowest BCUT2D eigenvalue weighted by atomic mass is 9.91. The zero-order chi connectivity index (χ0) is 19.6. The largest absolute Gasteiger partial charge is 0.465 e. The Morgan fingerprint density at radius 1 is 1.00 bits per heavy atom. The molecule has 2 rings (SSSR count). The molecule has 0 amide bonds. The number of carbonyl (C=O) groups excluding carboxylic acids is 1. The summed E-state index contributed by atoms with van der Waals surface area (Å²) in [6.07, 6.45) is 5.03. The third-order valence-electron chi connectivity index (χ3n) is 4.68. The van der Waals surface area contributed by atoms with E-state index in [9.17, 15) is 4.79 Å².